The highest BCUT2D eigenvalue weighted by Gasteiger charge is 2.06. The van der Waals surface area contributed by atoms with Crippen LogP contribution in [0.3, 0.4) is 0 Å². The number of benzene rings is 1. The van der Waals surface area contributed by atoms with E-state index in [0.29, 0.717) is 5.69 Å². The SMILES string of the molecule is CCCc1ccc(NC(=O)Cn2cc(CO)nn2)cc1. The third kappa shape index (κ3) is 3.89. The van der Waals surface area contributed by atoms with E-state index in [2.05, 4.69) is 22.6 Å². The van der Waals surface area contributed by atoms with Crippen molar-refractivity contribution in [3.05, 3.63) is 41.7 Å². The Kier molecular flexibility index (Phi) is 4.84. The van der Waals surface area contributed by atoms with Gasteiger partial charge in [-0.3, -0.25) is 4.79 Å². The van der Waals surface area contributed by atoms with Crippen molar-refractivity contribution in [1.29, 1.82) is 0 Å². The number of anilines is 1. The number of aryl methyl sites for hydroxylation is 1. The van der Waals surface area contributed by atoms with E-state index in [0.717, 1.165) is 18.5 Å². The molecule has 0 unspecified atom stereocenters. The van der Waals surface area contributed by atoms with Crippen LogP contribution in [0.25, 0.3) is 0 Å². The largest absolute Gasteiger partial charge is 0.390 e. The minimum Gasteiger partial charge on any atom is -0.390 e. The molecular weight excluding hydrogens is 256 g/mol. The maximum absolute atomic E-state index is 11.8. The fraction of sp³-hybridized carbons (Fsp3) is 0.357. The number of nitrogens with one attached hydrogen (secondary N) is 1. The molecule has 1 aromatic heterocycles. The van der Waals surface area contributed by atoms with E-state index in [-0.39, 0.29) is 19.1 Å². The Morgan fingerprint density at radius 3 is 2.70 bits per heavy atom. The molecule has 106 valence electrons. The number of carbonyl (C=O) groups excluding carboxylic acids is 1. The van der Waals surface area contributed by atoms with Gasteiger partial charge in [0.05, 0.1) is 12.8 Å². The number of nitrogens with zero attached hydrogens (tertiary/aromatic N) is 3. The molecule has 0 saturated heterocycles. The lowest BCUT2D eigenvalue weighted by Gasteiger charge is -2.06. The van der Waals surface area contributed by atoms with Crippen LogP contribution in [-0.2, 0) is 24.4 Å². The lowest BCUT2D eigenvalue weighted by molar-refractivity contribution is -0.116. The van der Waals surface area contributed by atoms with Crippen molar-refractivity contribution in [3.63, 3.8) is 0 Å². The summed E-state index contributed by atoms with van der Waals surface area (Å²) in [5.74, 6) is -0.178. The van der Waals surface area contributed by atoms with E-state index in [1.165, 1.54) is 10.2 Å². The molecule has 20 heavy (non-hydrogen) atoms. The summed E-state index contributed by atoms with van der Waals surface area (Å²) in [6.07, 6.45) is 3.69. The number of aliphatic hydroxyl groups excluding tert-OH is 1. The highest BCUT2D eigenvalue weighted by Crippen LogP contribution is 2.11. The smallest absolute Gasteiger partial charge is 0.246 e. The lowest BCUT2D eigenvalue weighted by atomic mass is 10.1. The Labute approximate surface area is 117 Å². The molecule has 6 nitrogen and oxygen atoms in total. The molecule has 0 saturated carbocycles. The van der Waals surface area contributed by atoms with Crippen LogP contribution in [0.1, 0.15) is 24.6 Å². The Morgan fingerprint density at radius 1 is 1.35 bits per heavy atom. The summed E-state index contributed by atoms with van der Waals surface area (Å²) >= 11 is 0. The van der Waals surface area contributed by atoms with Crippen LogP contribution < -0.4 is 5.32 Å². The van der Waals surface area contributed by atoms with Crippen LogP contribution in [0.2, 0.25) is 0 Å². The van der Waals surface area contributed by atoms with Crippen molar-refractivity contribution in [2.45, 2.75) is 32.9 Å². The first-order valence-corrected chi connectivity index (χ1v) is 6.60. The molecule has 0 bridgehead atoms. The summed E-state index contributed by atoms with van der Waals surface area (Å²) in [6.45, 7) is 2.03. The zero-order valence-corrected chi connectivity index (χ0v) is 11.4. The van der Waals surface area contributed by atoms with E-state index < -0.39 is 0 Å². The second kappa shape index (κ2) is 6.81. The Hall–Kier alpha value is -2.21. The van der Waals surface area contributed by atoms with Crippen LogP contribution in [0.5, 0.6) is 0 Å². The number of rotatable bonds is 6. The summed E-state index contributed by atoms with van der Waals surface area (Å²) in [4.78, 5) is 11.8. The van der Waals surface area contributed by atoms with Crippen LogP contribution in [0, 0.1) is 0 Å². The maximum atomic E-state index is 11.8. The third-order valence-electron chi connectivity index (χ3n) is 2.83. The number of amides is 1. The van der Waals surface area contributed by atoms with E-state index in [9.17, 15) is 4.79 Å². The molecule has 0 aliphatic rings. The normalized spacial score (nSPS) is 10.5. The molecule has 0 fully saturated rings. The minimum atomic E-state index is -0.180. The summed E-state index contributed by atoms with van der Waals surface area (Å²) < 4.78 is 1.40. The van der Waals surface area contributed by atoms with Crippen molar-refractivity contribution in [3.8, 4) is 0 Å². The highest BCUT2D eigenvalue weighted by atomic mass is 16.3. The summed E-state index contributed by atoms with van der Waals surface area (Å²) in [7, 11) is 0. The number of hydrogen-bond donors (Lipinski definition) is 2. The van der Waals surface area contributed by atoms with Crippen molar-refractivity contribution >= 4 is 11.6 Å². The van der Waals surface area contributed by atoms with Crippen molar-refractivity contribution in [1.82, 2.24) is 15.0 Å². The Morgan fingerprint density at radius 2 is 2.10 bits per heavy atom. The molecule has 0 atom stereocenters. The van der Waals surface area contributed by atoms with Gasteiger partial charge in [-0.25, -0.2) is 4.68 Å². The van der Waals surface area contributed by atoms with Gasteiger partial charge in [0.2, 0.25) is 5.91 Å². The van der Waals surface area contributed by atoms with Gasteiger partial charge in [-0.15, -0.1) is 5.10 Å². The fourth-order valence-electron chi connectivity index (χ4n) is 1.88. The number of aromatic nitrogens is 3. The monoisotopic (exact) mass is 274 g/mol. The summed E-state index contributed by atoms with van der Waals surface area (Å²) in [5.41, 5.74) is 2.47. The molecule has 2 N–H and O–H groups in total. The molecule has 1 amide bonds. The Bertz CT molecular complexity index is 563. The van der Waals surface area contributed by atoms with Gasteiger partial charge in [0.25, 0.3) is 0 Å². The van der Waals surface area contributed by atoms with Gasteiger partial charge in [-0.1, -0.05) is 30.7 Å². The van der Waals surface area contributed by atoms with Crippen molar-refractivity contribution in [2.24, 2.45) is 0 Å². The predicted molar refractivity (Wildman–Crippen MR) is 75.0 cm³/mol. The molecule has 6 heteroatoms. The molecular formula is C14H18N4O2. The van der Waals surface area contributed by atoms with Crippen LogP contribution in [-0.4, -0.2) is 26.0 Å². The van der Waals surface area contributed by atoms with Crippen molar-refractivity contribution in [2.75, 3.05) is 5.32 Å². The number of aliphatic hydroxyl groups is 1. The third-order valence-corrected chi connectivity index (χ3v) is 2.83. The fourth-order valence-corrected chi connectivity index (χ4v) is 1.88. The first-order valence-electron chi connectivity index (χ1n) is 6.60. The number of hydrogen-bond acceptors (Lipinski definition) is 4. The van der Waals surface area contributed by atoms with Crippen molar-refractivity contribution < 1.29 is 9.90 Å². The summed E-state index contributed by atoms with van der Waals surface area (Å²) in [6, 6.07) is 7.81. The van der Waals surface area contributed by atoms with E-state index in [1.54, 1.807) is 6.20 Å². The molecule has 0 spiro atoms. The van der Waals surface area contributed by atoms with Crippen LogP contribution in [0.4, 0.5) is 5.69 Å². The molecule has 0 aliphatic heterocycles. The molecule has 2 rings (SSSR count). The lowest BCUT2D eigenvalue weighted by Crippen LogP contribution is -2.19. The van der Waals surface area contributed by atoms with Crippen LogP contribution >= 0.6 is 0 Å². The summed E-state index contributed by atoms with van der Waals surface area (Å²) in [5, 5.41) is 19.1. The first kappa shape index (κ1) is 14.2. The first-order chi connectivity index (χ1) is 9.71. The molecule has 1 aromatic carbocycles. The standard InChI is InChI=1S/C14H18N4O2/c1-2-3-11-4-6-12(7-5-11)15-14(20)9-18-8-13(10-19)16-17-18/h4-8,19H,2-3,9-10H2,1H3,(H,15,20). The van der Waals surface area contributed by atoms with Gasteiger partial charge in [0, 0.05) is 5.69 Å². The van der Waals surface area contributed by atoms with Gasteiger partial charge >= 0.3 is 0 Å². The van der Waals surface area contributed by atoms with Gasteiger partial charge < -0.3 is 10.4 Å². The quantitative estimate of drug-likeness (QED) is 0.833. The molecule has 0 aliphatic carbocycles. The number of carbonyl (C=O) groups is 1. The van der Waals surface area contributed by atoms with E-state index >= 15 is 0 Å². The average Bonchev–Trinajstić information content (AvgIpc) is 2.89. The predicted octanol–water partition coefficient (Wildman–Crippen LogP) is 1.36. The molecule has 2 aromatic rings. The zero-order valence-electron chi connectivity index (χ0n) is 11.4. The van der Waals surface area contributed by atoms with Gasteiger partial charge in [-0.2, -0.15) is 0 Å². The molecule has 1 heterocycles. The molecule has 0 radical (unpaired) electrons. The Balaban J connectivity index is 1.90. The topological polar surface area (TPSA) is 80.0 Å². The van der Waals surface area contributed by atoms with E-state index in [1.807, 2.05) is 24.3 Å². The average molecular weight is 274 g/mol. The maximum Gasteiger partial charge on any atom is 0.246 e. The minimum absolute atomic E-state index is 0.0731. The zero-order chi connectivity index (χ0) is 14.4. The van der Waals surface area contributed by atoms with Gasteiger partial charge in [-0.05, 0) is 24.1 Å². The second-order valence-electron chi connectivity index (χ2n) is 4.56. The van der Waals surface area contributed by atoms with Gasteiger partial charge in [0.15, 0.2) is 0 Å². The van der Waals surface area contributed by atoms with Gasteiger partial charge in [0.1, 0.15) is 12.2 Å². The second-order valence-corrected chi connectivity index (χ2v) is 4.56. The van der Waals surface area contributed by atoms with Crippen LogP contribution in [0.15, 0.2) is 30.5 Å². The van der Waals surface area contributed by atoms with E-state index in [4.69, 9.17) is 5.11 Å². The highest BCUT2D eigenvalue weighted by molar-refractivity contribution is 5.90.